The highest BCUT2D eigenvalue weighted by molar-refractivity contribution is 6.52. The van der Waals surface area contributed by atoms with Crippen LogP contribution >= 0.6 is 23.2 Å². The lowest BCUT2D eigenvalue weighted by Crippen LogP contribution is -2.30. The summed E-state index contributed by atoms with van der Waals surface area (Å²) < 4.78 is 0. The van der Waals surface area contributed by atoms with Gasteiger partial charge in [0.05, 0.1) is 11.6 Å². The Morgan fingerprint density at radius 3 is 2.23 bits per heavy atom. The Hall–Kier alpha value is -3.08. The van der Waals surface area contributed by atoms with Crippen molar-refractivity contribution in [2.45, 2.75) is 13.0 Å². The quantitative estimate of drug-likeness (QED) is 0.313. The maximum atomic E-state index is 13.1. The van der Waals surface area contributed by atoms with E-state index < -0.39 is 17.7 Å². The van der Waals surface area contributed by atoms with E-state index in [1.165, 1.54) is 4.90 Å². The van der Waals surface area contributed by atoms with Gasteiger partial charge in [-0.2, -0.15) is 0 Å². The Morgan fingerprint density at radius 2 is 1.57 bits per heavy atom. The number of amides is 1. The number of hydrogen-bond donors (Lipinski definition) is 1. The zero-order valence-corrected chi connectivity index (χ0v) is 17.5. The van der Waals surface area contributed by atoms with E-state index in [9.17, 15) is 14.7 Å². The van der Waals surface area contributed by atoms with Crippen molar-refractivity contribution in [1.82, 2.24) is 0 Å². The molecule has 1 fully saturated rings. The highest BCUT2D eigenvalue weighted by atomic mass is 35.5. The molecule has 30 heavy (non-hydrogen) atoms. The minimum Gasteiger partial charge on any atom is -0.507 e. The molecule has 0 bridgehead atoms. The predicted molar refractivity (Wildman–Crippen MR) is 119 cm³/mol. The maximum Gasteiger partial charge on any atom is 0.300 e. The fourth-order valence-electron chi connectivity index (χ4n) is 3.65. The molecule has 4 nitrogen and oxygen atoms in total. The van der Waals surface area contributed by atoms with Crippen molar-refractivity contribution in [1.29, 1.82) is 0 Å². The molecular formula is C24H17Cl2NO3. The average molecular weight is 438 g/mol. The largest absolute Gasteiger partial charge is 0.507 e. The second-order valence-corrected chi connectivity index (χ2v) is 7.81. The topological polar surface area (TPSA) is 57.6 Å². The molecule has 3 aromatic carbocycles. The van der Waals surface area contributed by atoms with Crippen molar-refractivity contribution in [3.63, 3.8) is 0 Å². The molecule has 1 heterocycles. The first-order valence-corrected chi connectivity index (χ1v) is 10.0. The predicted octanol–water partition coefficient (Wildman–Crippen LogP) is 5.93. The van der Waals surface area contributed by atoms with Crippen molar-refractivity contribution < 1.29 is 14.7 Å². The summed E-state index contributed by atoms with van der Waals surface area (Å²) in [7, 11) is 0. The molecule has 0 aliphatic carbocycles. The molecule has 1 aliphatic rings. The van der Waals surface area contributed by atoms with Gasteiger partial charge in [-0.25, -0.2) is 0 Å². The molecule has 1 unspecified atom stereocenters. The minimum atomic E-state index is -0.793. The number of carbonyl (C=O) groups excluding carboxylic acids is 2. The Morgan fingerprint density at radius 1 is 0.900 bits per heavy atom. The summed E-state index contributed by atoms with van der Waals surface area (Å²) in [6.07, 6.45) is 0. The van der Waals surface area contributed by atoms with Gasteiger partial charge in [-0.15, -0.1) is 0 Å². The lowest BCUT2D eigenvalue weighted by atomic mass is 9.95. The number of nitrogens with zero attached hydrogens (tertiary/aromatic N) is 1. The summed E-state index contributed by atoms with van der Waals surface area (Å²) in [5, 5.41) is 12.0. The molecule has 0 aromatic heterocycles. The van der Waals surface area contributed by atoms with Crippen molar-refractivity contribution in [2.24, 2.45) is 0 Å². The number of benzene rings is 3. The Bertz CT molecular complexity index is 1170. The van der Waals surface area contributed by atoms with Crippen LogP contribution in [0.25, 0.3) is 5.76 Å². The number of anilines is 1. The van der Waals surface area contributed by atoms with Crippen LogP contribution in [0.1, 0.15) is 22.7 Å². The number of rotatable bonds is 3. The summed E-state index contributed by atoms with van der Waals surface area (Å²) in [6.45, 7) is 1.79. The molecule has 1 amide bonds. The van der Waals surface area contributed by atoms with E-state index in [4.69, 9.17) is 23.2 Å². The molecule has 4 rings (SSSR count). The monoisotopic (exact) mass is 437 g/mol. The lowest BCUT2D eigenvalue weighted by Gasteiger charge is -2.27. The first-order chi connectivity index (χ1) is 14.4. The zero-order chi connectivity index (χ0) is 21.4. The van der Waals surface area contributed by atoms with Crippen LogP contribution in [0.3, 0.4) is 0 Å². The SMILES string of the molecule is Cc1c(Cl)cccc1N1C(=O)C(=O)/C(=C(/O)c2ccc(Cl)cc2)C1c1ccccc1. The maximum absolute atomic E-state index is 13.1. The number of halogens is 2. The second kappa shape index (κ2) is 7.98. The van der Waals surface area contributed by atoms with Crippen LogP contribution in [0, 0.1) is 6.92 Å². The molecular weight excluding hydrogens is 421 g/mol. The molecule has 1 aliphatic heterocycles. The van der Waals surface area contributed by atoms with Crippen molar-refractivity contribution in [2.75, 3.05) is 4.90 Å². The number of aliphatic hydroxyl groups excluding tert-OH is 1. The van der Waals surface area contributed by atoms with Crippen molar-refractivity contribution in [3.8, 4) is 0 Å². The zero-order valence-electron chi connectivity index (χ0n) is 16.0. The van der Waals surface area contributed by atoms with Crippen LogP contribution in [0.15, 0.2) is 78.4 Å². The molecule has 1 N–H and O–H groups in total. The summed E-state index contributed by atoms with van der Waals surface area (Å²) in [6, 6.07) is 20.0. The molecule has 0 spiro atoms. The van der Waals surface area contributed by atoms with E-state index in [1.54, 1.807) is 49.4 Å². The molecule has 3 aromatic rings. The highest BCUT2D eigenvalue weighted by Crippen LogP contribution is 2.43. The van der Waals surface area contributed by atoms with Crippen molar-refractivity contribution >= 4 is 46.3 Å². The molecule has 1 atom stereocenters. The van der Waals surface area contributed by atoms with Gasteiger partial charge in [0.15, 0.2) is 0 Å². The fraction of sp³-hybridized carbons (Fsp3) is 0.0833. The number of Topliss-reactive ketones (excluding diaryl/α,β-unsaturated/α-hetero) is 1. The van der Waals surface area contributed by atoms with Gasteiger partial charge in [0, 0.05) is 21.3 Å². The van der Waals surface area contributed by atoms with Gasteiger partial charge in [-0.3, -0.25) is 14.5 Å². The second-order valence-electron chi connectivity index (χ2n) is 6.97. The van der Waals surface area contributed by atoms with Gasteiger partial charge in [0.2, 0.25) is 0 Å². The molecule has 0 saturated carbocycles. The van der Waals surface area contributed by atoms with Crippen LogP contribution in [-0.2, 0) is 9.59 Å². The van der Waals surface area contributed by atoms with Crippen molar-refractivity contribution in [3.05, 3.63) is 105 Å². The van der Waals surface area contributed by atoms with Crippen LogP contribution < -0.4 is 4.90 Å². The van der Waals surface area contributed by atoms with Gasteiger partial charge in [-0.1, -0.05) is 59.6 Å². The van der Waals surface area contributed by atoms with Gasteiger partial charge in [0.1, 0.15) is 5.76 Å². The van der Waals surface area contributed by atoms with Crippen LogP contribution in [0.5, 0.6) is 0 Å². The van der Waals surface area contributed by atoms with E-state index in [2.05, 4.69) is 0 Å². The van der Waals surface area contributed by atoms with E-state index in [-0.39, 0.29) is 11.3 Å². The fourth-order valence-corrected chi connectivity index (χ4v) is 3.95. The summed E-state index contributed by atoms with van der Waals surface area (Å²) in [5.41, 5.74) is 2.32. The van der Waals surface area contributed by atoms with E-state index in [0.29, 0.717) is 32.4 Å². The lowest BCUT2D eigenvalue weighted by molar-refractivity contribution is -0.132. The van der Waals surface area contributed by atoms with Gasteiger partial charge < -0.3 is 5.11 Å². The van der Waals surface area contributed by atoms with Crippen LogP contribution in [-0.4, -0.2) is 16.8 Å². The van der Waals surface area contributed by atoms with E-state index in [0.717, 1.165) is 0 Å². The summed E-state index contributed by atoms with van der Waals surface area (Å²) in [5.74, 6) is -1.72. The minimum absolute atomic E-state index is 0.0212. The third-order valence-electron chi connectivity index (χ3n) is 5.18. The van der Waals surface area contributed by atoms with Gasteiger partial charge in [-0.05, 0) is 54.4 Å². The standard InChI is InChI=1S/C24H17Cl2NO3/c1-14-18(26)8-5-9-19(14)27-21(15-6-3-2-4-7-15)20(23(29)24(27)30)22(28)16-10-12-17(25)13-11-16/h2-13,21,28H,1H3/b22-20+. The highest BCUT2D eigenvalue weighted by Gasteiger charge is 2.47. The first kappa shape index (κ1) is 20.2. The Kier molecular flexibility index (Phi) is 5.37. The normalized spacial score (nSPS) is 18.1. The molecule has 150 valence electrons. The van der Waals surface area contributed by atoms with Crippen LogP contribution in [0.2, 0.25) is 10.0 Å². The van der Waals surface area contributed by atoms with Gasteiger partial charge >= 0.3 is 0 Å². The number of ketones is 1. The van der Waals surface area contributed by atoms with Crippen LogP contribution in [0.4, 0.5) is 5.69 Å². The summed E-state index contributed by atoms with van der Waals surface area (Å²) >= 11 is 12.2. The molecule has 6 heteroatoms. The molecule has 1 saturated heterocycles. The average Bonchev–Trinajstić information content (AvgIpc) is 3.01. The third-order valence-corrected chi connectivity index (χ3v) is 5.84. The third kappa shape index (κ3) is 3.38. The first-order valence-electron chi connectivity index (χ1n) is 9.27. The Labute approximate surface area is 184 Å². The van der Waals surface area contributed by atoms with E-state index in [1.807, 2.05) is 30.3 Å². The molecule has 0 radical (unpaired) electrons. The smallest absolute Gasteiger partial charge is 0.300 e. The number of hydrogen-bond acceptors (Lipinski definition) is 3. The number of carbonyl (C=O) groups is 2. The summed E-state index contributed by atoms with van der Waals surface area (Å²) in [4.78, 5) is 27.6. The number of aliphatic hydroxyl groups is 1. The van der Waals surface area contributed by atoms with Gasteiger partial charge in [0.25, 0.3) is 11.7 Å². The Balaban J connectivity index is 1.97. The van der Waals surface area contributed by atoms with E-state index >= 15 is 0 Å².